The number of rotatable bonds is 6. The highest BCUT2D eigenvalue weighted by Crippen LogP contribution is 2.28. The van der Waals surface area contributed by atoms with E-state index in [9.17, 15) is 9.18 Å². The number of oxime groups is 1. The molecule has 0 bridgehead atoms. The maximum absolute atomic E-state index is 14.2. The van der Waals surface area contributed by atoms with Crippen molar-refractivity contribution in [1.82, 2.24) is 0 Å². The molecule has 2 aromatic rings. The third-order valence-corrected chi connectivity index (χ3v) is 4.31. The molecule has 1 heterocycles. The van der Waals surface area contributed by atoms with E-state index in [1.165, 1.54) is 6.07 Å². The maximum atomic E-state index is 14.2. The van der Waals surface area contributed by atoms with Gasteiger partial charge < -0.3 is 4.84 Å². The van der Waals surface area contributed by atoms with Crippen molar-refractivity contribution >= 4 is 12.0 Å². The molecule has 1 atom stereocenters. The lowest BCUT2D eigenvalue weighted by molar-refractivity contribution is 0.112. The van der Waals surface area contributed by atoms with Crippen LogP contribution in [0.25, 0.3) is 11.1 Å². The van der Waals surface area contributed by atoms with Gasteiger partial charge in [0.15, 0.2) is 6.10 Å². The number of carbonyl (C=O) groups excluding carboxylic acids is 1. The molecule has 0 saturated heterocycles. The quantitative estimate of drug-likeness (QED) is 0.504. The minimum atomic E-state index is -0.337. The zero-order valence-electron chi connectivity index (χ0n) is 15.1. The van der Waals surface area contributed by atoms with Gasteiger partial charge in [-0.3, -0.25) is 4.79 Å². The Balaban J connectivity index is 1.87. The molecule has 0 N–H and O–H groups in total. The van der Waals surface area contributed by atoms with Gasteiger partial charge in [-0.2, -0.15) is 0 Å². The van der Waals surface area contributed by atoms with Crippen LogP contribution >= 0.6 is 0 Å². The van der Waals surface area contributed by atoms with Crippen LogP contribution in [0, 0.1) is 5.82 Å². The van der Waals surface area contributed by atoms with Gasteiger partial charge in [-0.25, -0.2) is 4.39 Å². The van der Waals surface area contributed by atoms with Crippen LogP contribution in [-0.2, 0) is 4.84 Å². The Bertz CT molecular complexity index is 957. The SMILES string of the molecule is C=C(/C=C\C=C/C)C1CC(c2cc(C=O)cc(-c3ccccc3F)c2)=NO1. The highest BCUT2D eigenvalue weighted by Gasteiger charge is 2.24. The molecule has 0 aromatic heterocycles. The van der Waals surface area contributed by atoms with E-state index in [0.29, 0.717) is 28.8 Å². The standard InChI is InChI=1S/C23H20FNO2/c1-3-4-5-8-16(2)23-14-22(25-27-23)19-12-17(15-26)11-18(13-19)20-9-6-7-10-21(20)24/h3-13,15,23H,2,14H2,1H3/b4-3-,8-5-. The van der Waals surface area contributed by atoms with Gasteiger partial charge >= 0.3 is 0 Å². The monoisotopic (exact) mass is 361 g/mol. The summed E-state index contributed by atoms with van der Waals surface area (Å²) in [6, 6.07) is 11.7. The van der Waals surface area contributed by atoms with Gasteiger partial charge in [0.25, 0.3) is 0 Å². The largest absolute Gasteiger partial charge is 0.387 e. The number of carbonyl (C=O) groups is 1. The lowest BCUT2D eigenvalue weighted by atomic mass is 9.95. The Kier molecular flexibility index (Phi) is 5.77. The average Bonchev–Trinajstić information content (AvgIpc) is 3.18. The molecule has 3 nitrogen and oxygen atoms in total. The lowest BCUT2D eigenvalue weighted by Gasteiger charge is -2.09. The van der Waals surface area contributed by atoms with E-state index in [2.05, 4.69) is 11.7 Å². The first-order valence-electron chi connectivity index (χ1n) is 8.68. The van der Waals surface area contributed by atoms with Crippen LogP contribution in [0.2, 0.25) is 0 Å². The summed E-state index contributed by atoms with van der Waals surface area (Å²) in [5, 5.41) is 4.16. The van der Waals surface area contributed by atoms with Crippen molar-refractivity contribution in [3.63, 3.8) is 0 Å². The van der Waals surface area contributed by atoms with Gasteiger partial charge in [-0.15, -0.1) is 0 Å². The number of aldehydes is 1. The summed E-state index contributed by atoms with van der Waals surface area (Å²) in [4.78, 5) is 16.9. The van der Waals surface area contributed by atoms with Crippen molar-refractivity contribution in [2.24, 2.45) is 5.16 Å². The second-order valence-corrected chi connectivity index (χ2v) is 6.24. The van der Waals surface area contributed by atoms with Crippen LogP contribution in [0.15, 0.2) is 84.1 Å². The summed E-state index contributed by atoms with van der Waals surface area (Å²) in [5.74, 6) is -0.337. The number of nitrogens with zero attached hydrogens (tertiary/aromatic N) is 1. The van der Waals surface area contributed by atoms with E-state index in [1.807, 2.05) is 37.3 Å². The van der Waals surface area contributed by atoms with Gasteiger partial charge in [-0.1, -0.05) is 54.2 Å². The zero-order valence-corrected chi connectivity index (χ0v) is 15.1. The summed E-state index contributed by atoms with van der Waals surface area (Å²) >= 11 is 0. The van der Waals surface area contributed by atoms with Gasteiger partial charge in [0.05, 0.1) is 5.71 Å². The molecule has 0 spiro atoms. The number of allylic oxidation sites excluding steroid dienone is 3. The van der Waals surface area contributed by atoms with Crippen molar-refractivity contribution in [3.05, 3.63) is 95.9 Å². The Morgan fingerprint density at radius 1 is 1.22 bits per heavy atom. The van der Waals surface area contributed by atoms with Gasteiger partial charge in [0, 0.05) is 23.1 Å². The van der Waals surface area contributed by atoms with E-state index in [-0.39, 0.29) is 11.9 Å². The zero-order chi connectivity index (χ0) is 19.2. The van der Waals surface area contributed by atoms with Crippen molar-refractivity contribution in [2.45, 2.75) is 19.4 Å². The first-order chi connectivity index (χ1) is 13.1. The Morgan fingerprint density at radius 3 is 2.74 bits per heavy atom. The molecule has 27 heavy (non-hydrogen) atoms. The molecule has 4 heteroatoms. The van der Waals surface area contributed by atoms with Crippen LogP contribution in [0.5, 0.6) is 0 Å². The smallest absolute Gasteiger partial charge is 0.157 e. The number of hydrogen-bond acceptors (Lipinski definition) is 3. The molecule has 0 saturated carbocycles. The molecule has 0 amide bonds. The van der Waals surface area contributed by atoms with Crippen molar-refractivity contribution in [3.8, 4) is 11.1 Å². The van der Waals surface area contributed by atoms with Crippen LogP contribution in [0.4, 0.5) is 4.39 Å². The predicted octanol–water partition coefficient (Wildman–Crippen LogP) is 5.49. The van der Waals surface area contributed by atoms with Crippen LogP contribution < -0.4 is 0 Å². The molecule has 1 unspecified atom stereocenters. The van der Waals surface area contributed by atoms with Crippen molar-refractivity contribution in [1.29, 1.82) is 0 Å². The molecule has 1 aliphatic rings. The number of halogens is 1. The second kappa shape index (κ2) is 8.41. The third kappa shape index (κ3) is 4.29. The Labute approximate surface area is 158 Å². The molecule has 1 aliphatic heterocycles. The first-order valence-corrected chi connectivity index (χ1v) is 8.68. The molecule has 3 rings (SSSR count). The molecule has 0 aliphatic carbocycles. The second-order valence-electron chi connectivity index (χ2n) is 6.24. The van der Waals surface area contributed by atoms with Gasteiger partial charge in [0.2, 0.25) is 0 Å². The summed E-state index contributed by atoms with van der Waals surface area (Å²) < 4.78 is 14.2. The number of benzene rings is 2. The lowest BCUT2D eigenvalue weighted by Crippen LogP contribution is -2.10. The number of hydrogen-bond donors (Lipinski definition) is 0. The van der Waals surface area contributed by atoms with Crippen molar-refractivity contribution in [2.75, 3.05) is 0 Å². The predicted molar refractivity (Wildman–Crippen MR) is 106 cm³/mol. The van der Waals surface area contributed by atoms with Gasteiger partial charge in [0.1, 0.15) is 12.1 Å². The molecule has 2 aromatic carbocycles. The topological polar surface area (TPSA) is 38.7 Å². The Hall–Kier alpha value is -3.27. The van der Waals surface area contributed by atoms with E-state index in [1.54, 1.807) is 30.3 Å². The van der Waals surface area contributed by atoms with Crippen LogP contribution in [0.1, 0.15) is 29.3 Å². The fourth-order valence-electron chi connectivity index (χ4n) is 2.88. The Morgan fingerprint density at radius 2 is 2.00 bits per heavy atom. The van der Waals surface area contributed by atoms with Crippen LogP contribution in [0.3, 0.4) is 0 Å². The highest BCUT2D eigenvalue weighted by molar-refractivity contribution is 6.03. The van der Waals surface area contributed by atoms with E-state index < -0.39 is 0 Å². The summed E-state index contributed by atoms with van der Waals surface area (Å²) in [6.07, 6.45) is 8.66. The fraction of sp³-hybridized carbons (Fsp3) is 0.130. The third-order valence-electron chi connectivity index (χ3n) is 4.31. The minimum absolute atomic E-state index is 0.252. The summed E-state index contributed by atoms with van der Waals surface area (Å²) in [7, 11) is 0. The summed E-state index contributed by atoms with van der Waals surface area (Å²) in [6.45, 7) is 5.96. The molecule has 0 fully saturated rings. The normalized spacial score (nSPS) is 16.5. The molecule has 136 valence electrons. The minimum Gasteiger partial charge on any atom is -0.387 e. The molecular formula is C23H20FNO2. The maximum Gasteiger partial charge on any atom is 0.157 e. The van der Waals surface area contributed by atoms with E-state index in [0.717, 1.165) is 17.4 Å². The van der Waals surface area contributed by atoms with Crippen LogP contribution in [-0.4, -0.2) is 18.1 Å². The molecule has 0 radical (unpaired) electrons. The fourth-order valence-corrected chi connectivity index (χ4v) is 2.88. The van der Waals surface area contributed by atoms with Gasteiger partial charge in [-0.05, 0) is 42.3 Å². The molecular weight excluding hydrogens is 341 g/mol. The highest BCUT2D eigenvalue weighted by atomic mass is 19.1. The van der Waals surface area contributed by atoms with E-state index in [4.69, 9.17) is 4.84 Å². The average molecular weight is 361 g/mol. The van der Waals surface area contributed by atoms with Crippen molar-refractivity contribution < 1.29 is 14.0 Å². The van der Waals surface area contributed by atoms with E-state index >= 15 is 0 Å². The summed E-state index contributed by atoms with van der Waals surface area (Å²) in [5.41, 5.74) is 3.80. The first kappa shape index (κ1) is 18.5.